The lowest BCUT2D eigenvalue weighted by molar-refractivity contribution is -0.187. The van der Waals surface area contributed by atoms with Gasteiger partial charge in [0.2, 0.25) is 5.91 Å². The summed E-state index contributed by atoms with van der Waals surface area (Å²) in [6.07, 6.45) is 1.57. The van der Waals surface area contributed by atoms with E-state index in [4.69, 9.17) is 14.2 Å². The van der Waals surface area contributed by atoms with Crippen molar-refractivity contribution in [1.82, 2.24) is 4.90 Å². The van der Waals surface area contributed by atoms with Crippen molar-refractivity contribution in [2.45, 2.75) is 38.6 Å². The number of rotatable bonds is 5. The van der Waals surface area contributed by atoms with Gasteiger partial charge in [0.1, 0.15) is 5.75 Å². The molecule has 0 atom stereocenters. The molecule has 0 bridgehead atoms. The molecule has 2 aliphatic rings. The van der Waals surface area contributed by atoms with Crippen LogP contribution in [0.2, 0.25) is 0 Å². The number of para-hydroxylation sites is 2. The van der Waals surface area contributed by atoms with Crippen LogP contribution < -0.4 is 10.1 Å². The third kappa shape index (κ3) is 3.99. The quantitative estimate of drug-likeness (QED) is 0.895. The van der Waals surface area contributed by atoms with Crippen molar-refractivity contribution in [3.63, 3.8) is 0 Å². The van der Waals surface area contributed by atoms with Crippen LogP contribution in [0.25, 0.3) is 0 Å². The molecule has 2 fully saturated rings. The topological polar surface area (TPSA) is 60.0 Å². The second-order valence-electron chi connectivity index (χ2n) is 6.50. The molecule has 1 aromatic rings. The van der Waals surface area contributed by atoms with E-state index in [9.17, 15) is 4.79 Å². The third-order valence-electron chi connectivity index (χ3n) is 4.37. The molecule has 0 aromatic heterocycles. The second-order valence-corrected chi connectivity index (χ2v) is 6.50. The largest absolute Gasteiger partial charge is 0.489 e. The highest BCUT2D eigenvalue weighted by Gasteiger charge is 2.40. The highest BCUT2D eigenvalue weighted by molar-refractivity contribution is 5.81. The first-order chi connectivity index (χ1) is 11.6. The molecule has 6 heteroatoms. The molecule has 1 aromatic carbocycles. The van der Waals surface area contributed by atoms with Gasteiger partial charge in [-0.05, 0) is 26.0 Å². The summed E-state index contributed by atoms with van der Waals surface area (Å²) in [6, 6.07) is 7.69. The van der Waals surface area contributed by atoms with E-state index in [2.05, 4.69) is 5.32 Å². The lowest BCUT2D eigenvalue weighted by Crippen LogP contribution is -2.48. The van der Waals surface area contributed by atoms with Crippen molar-refractivity contribution >= 4 is 11.6 Å². The average molecular weight is 334 g/mol. The molecule has 2 heterocycles. The van der Waals surface area contributed by atoms with Gasteiger partial charge in [-0.25, -0.2) is 0 Å². The van der Waals surface area contributed by atoms with Gasteiger partial charge in [-0.3, -0.25) is 4.79 Å². The number of carbonyl (C=O) groups is 1. The minimum atomic E-state index is -0.443. The number of piperidine rings is 1. The number of carbonyl (C=O) groups excluding carboxylic acids is 1. The fourth-order valence-electron chi connectivity index (χ4n) is 3.13. The van der Waals surface area contributed by atoms with Crippen LogP contribution in [0.4, 0.5) is 5.69 Å². The monoisotopic (exact) mass is 334 g/mol. The summed E-state index contributed by atoms with van der Waals surface area (Å²) in [4.78, 5) is 14.3. The highest BCUT2D eigenvalue weighted by Crippen LogP contribution is 2.31. The molecular formula is C18H26N2O4. The molecule has 24 heavy (non-hydrogen) atoms. The van der Waals surface area contributed by atoms with Crippen molar-refractivity contribution in [2.75, 3.05) is 38.2 Å². The molecule has 0 saturated carbocycles. The summed E-state index contributed by atoms with van der Waals surface area (Å²) < 4.78 is 17.2. The molecular weight excluding hydrogens is 308 g/mol. The number of ether oxygens (including phenoxy) is 3. The minimum Gasteiger partial charge on any atom is -0.489 e. The number of hydrogen-bond acceptors (Lipinski definition) is 5. The van der Waals surface area contributed by atoms with Gasteiger partial charge < -0.3 is 24.4 Å². The summed E-state index contributed by atoms with van der Waals surface area (Å²) in [6.45, 7) is 6.88. The van der Waals surface area contributed by atoms with E-state index < -0.39 is 5.79 Å². The zero-order chi connectivity index (χ0) is 17.0. The number of nitrogens with zero attached hydrogens (tertiary/aromatic N) is 1. The van der Waals surface area contributed by atoms with Crippen LogP contribution in [-0.2, 0) is 14.3 Å². The van der Waals surface area contributed by atoms with Gasteiger partial charge in [-0.2, -0.15) is 0 Å². The Morgan fingerprint density at radius 3 is 2.58 bits per heavy atom. The van der Waals surface area contributed by atoms with Crippen LogP contribution in [0.15, 0.2) is 24.3 Å². The van der Waals surface area contributed by atoms with Crippen molar-refractivity contribution in [2.24, 2.45) is 0 Å². The summed E-state index contributed by atoms with van der Waals surface area (Å²) in [5.41, 5.74) is 0.843. The summed E-state index contributed by atoms with van der Waals surface area (Å²) in [7, 11) is 0. The van der Waals surface area contributed by atoms with Crippen molar-refractivity contribution < 1.29 is 19.0 Å². The standard InChI is InChI=1S/C18H26N2O4/c1-14(2)24-16-6-4-3-5-15(16)19-13-17(21)20-9-7-18(8-10-20)22-11-12-23-18/h3-6,14,19H,7-13H2,1-2H3. The number of hydrogen-bond donors (Lipinski definition) is 1. The molecule has 2 aliphatic heterocycles. The van der Waals surface area contributed by atoms with Gasteiger partial charge in [0, 0.05) is 25.9 Å². The van der Waals surface area contributed by atoms with Gasteiger partial charge in [0.25, 0.3) is 0 Å². The average Bonchev–Trinajstić information content (AvgIpc) is 3.02. The Morgan fingerprint density at radius 1 is 1.25 bits per heavy atom. The Balaban J connectivity index is 1.51. The maximum atomic E-state index is 12.4. The van der Waals surface area contributed by atoms with Gasteiger partial charge in [0.15, 0.2) is 5.79 Å². The first kappa shape index (κ1) is 17.0. The second kappa shape index (κ2) is 7.40. The SMILES string of the molecule is CC(C)Oc1ccccc1NCC(=O)N1CCC2(CC1)OCCO2. The lowest BCUT2D eigenvalue weighted by atomic mass is 10.0. The molecule has 0 unspecified atom stereocenters. The third-order valence-corrected chi connectivity index (χ3v) is 4.37. The molecule has 1 amide bonds. The van der Waals surface area contributed by atoms with E-state index in [0.29, 0.717) is 26.3 Å². The maximum Gasteiger partial charge on any atom is 0.241 e. The minimum absolute atomic E-state index is 0.0854. The van der Waals surface area contributed by atoms with Crippen LogP contribution in [0.1, 0.15) is 26.7 Å². The Kier molecular flexibility index (Phi) is 5.26. The first-order valence-electron chi connectivity index (χ1n) is 8.63. The zero-order valence-electron chi connectivity index (χ0n) is 14.4. The fourth-order valence-corrected chi connectivity index (χ4v) is 3.13. The van der Waals surface area contributed by atoms with Gasteiger partial charge in [-0.1, -0.05) is 12.1 Å². The lowest BCUT2D eigenvalue weighted by Gasteiger charge is -2.37. The number of likely N-dealkylation sites (tertiary alicyclic amines) is 1. The van der Waals surface area contributed by atoms with Crippen molar-refractivity contribution in [3.8, 4) is 5.75 Å². The van der Waals surface area contributed by atoms with Gasteiger partial charge in [0.05, 0.1) is 31.5 Å². The van der Waals surface area contributed by atoms with E-state index in [1.165, 1.54) is 0 Å². The molecule has 6 nitrogen and oxygen atoms in total. The van der Waals surface area contributed by atoms with E-state index in [1.54, 1.807) is 0 Å². The van der Waals surface area contributed by atoms with Crippen LogP contribution in [0.5, 0.6) is 5.75 Å². The van der Waals surface area contributed by atoms with E-state index in [0.717, 1.165) is 24.3 Å². The number of benzene rings is 1. The van der Waals surface area contributed by atoms with E-state index in [-0.39, 0.29) is 18.6 Å². The Hall–Kier alpha value is -1.79. The number of amides is 1. The number of anilines is 1. The summed E-state index contributed by atoms with van der Waals surface area (Å²) >= 11 is 0. The predicted molar refractivity (Wildman–Crippen MR) is 91.1 cm³/mol. The van der Waals surface area contributed by atoms with Crippen LogP contribution >= 0.6 is 0 Å². The summed E-state index contributed by atoms with van der Waals surface area (Å²) in [5, 5.41) is 3.20. The van der Waals surface area contributed by atoms with E-state index >= 15 is 0 Å². The fraction of sp³-hybridized carbons (Fsp3) is 0.611. The van der Waals surface area contributed by atoms with Crippen LogP contribution in [0, 0.1) is 0 Å². The normalized spacial score (nSPS) is 19.7. The predicted octanol–water partition coefficient (Wildman–Crippen LogP) is 2.25. The van der Waals surface area contributed by atoms with Crippen molar-refractivity contribution in [1.29, 1.82) is 0 Å². The van der Waals surface area contributed by atoms with Crippen LogP contribution in [0.3, 0.4) is 0 Å². The van der Waals surface area contributed by atoms with Gasteiger partial charge in [-0.15, -0.1) is 0 Å². The highest BCUT2D eigenvalue weighted by atomic mass is 16.7. The maximum absolute atomic E-state index is 12.4. The van der Waals surface area contributed by atoms with Crippen molar-refractivity contribution in [3.05, 3.63) is 24.3 Å². The smallest absolute Gasteiger partial charge is 0.241 e. The molecule has 2 saturated heterocycles. The Bertz CT molecular complexity index is 560. The number of nitrogens with one attached hydrogen (secondary N) is 1. The van der Waals surface area contributed by atoms with Gasteiger partial charge >= 0.3 is 0 Å². The molecule has 132 valence electrons. The molecule has 0 aliphatic carbocycles. The van der Waals surface area contributed by atoms with Crippen LogP contribution in [-0.4, -0.2) is 55.5 Å². The zero-order valence-corrected chi connectivity index (χ0v) is 14.4. The Labute approximate surface area is 143 Å². The first-order valence-corrected chi connectivity index (χ1v) is 8.63. The molecule has 1 N–H and O–H groups in total. The molecule has 1 spiro atoms. The molecule has 0 radical (unpaired) electrons. The van der Waals surface area contributed by atoms with E-state index in [1.807, 2.05) is 43.0 Å². The summed E-state index contributed by atoms with van der Waals surface area (Å²) in [5.74, 6) is 0.412. The Morgan fingerprint density at radius 2 is 1.92 bits per heavy atom. The molecule has 3 rings (SSSR count).